The van der Waals surface area contributed by atoms with Gasteiger partial charge in [0, 0.05) is 24.6 Å². The van der Waals surface area contributed by atoms with Gasteiger partial charge in [0.05, 0.1) is 17.3 Å². The van der Waals surface area contributed by atoms with Gasteiger partial charge in [-0.2, -0.15) is 5.10 Å². The molecule has 5 nitrogen and oxygen atoms in total. The lowest BCUT2D eigenvalue weighted by atomic mass is 9.90. The smallest absolute Gasteiger partial charge is 0.267 e. The largest absolute Gasteiger partial charge is 0.389 e. The summed E-state index contributed by atoms with van der Waals surface area (Å²) < 4.78 is 1.74. The Morgan fingerprint density at radius 3 is 2.50 bits per heavy atom. The first kappa shape index (κ1) is 16.3. The lowest BCUT2D eigenvalue weighted by Gasteiger charge is -2.32. The van der Waals surface area contributed by atoms with Crippen molar-refractivity contribution in [2.45, 2.75) is 87.8 Å². The maximum Gasteiger partial charge on any atom is 0.267 e. The average molecular weight is 331 g/mol. The summed E-state index contributed by atoms with van der Waals surface area (Å²) in [6, 6.07) is 4.31. The zero-order valence-corrected chi connectivity index (χ0v) is 14.4. The molecule has 3 aliphatic rings. The van der Waals surface area contributed by atoms with Gasteiger partial charge in [0.25, 0.3) is 5.56 Å². The predicted molar refractivity (Wildman–Crippen MR) is 93.2 cm³/mol. The number of rotatable bonds is 5. The highest BCUT2D eigenvalue weighted by atomic mass is 16.3. The molecule has 0 radical (unpaired) electrons. The van der Waals surface area contributed by atoms with E-state index in [1.54, 1.807) is 10.7 Å². The number of aliphatic hydroxyl groups is 1. The summed E-state index contributed by atoms with van der Waals surface area (Å²) in [5.74, 6) is 0.585. The summed E-state index contributed by atoms with van der Waals surface area (Å²) in [5, 5.41) is 18.7. The standard InChI is InChI=1S/C19H29N3O2/c23-18-10-9-17(14-3-4-14)21-22(18)16-7-5-15(6-8-16)20-13-19(24)11-1-2-12-19/h9-10,14-16,20,24H,1-8,11-13H2. The zero-order valence-electron chi connectivity index (χ0n) is 14.4. The monoisotopic (exact) mass is 331 g/mol. The summed E-state index contributed by atoms with van der Waals surface area (Å²) >= 11 is 0. The van der Waals surface area contributed by atoms with Gasteiger partial charge < -0.3 is 10.4 Å². The van der Waals surface area contributed by atoms with Crippen LogP contribution in [0.5, 0.6) is 0 Å². The molecule has 3 fully saturated rings. The van der Waals surface area contributed by atoms with Crippen LogP contribution in [0.15, 0.2) is 16.9 Å². The van der Waals surface area contributed by atoms with Crippen molar-refractivity contribution in [1.29, 1.82) is 0 Å². The van der Waals surface area contributed by atoms with E-state index < -0.39 is 5.60 Å². The first-order chi connectivity index (χ1) is 11.6. The highest BCUT2D eigenvalue weighted by molar-refractivity contribution is 5.13. The molecule has 0 bridgehead atoms. The van der Waals surface area contributed by atoms with Crippen molar-refractivity contribution < 1.29 is 5.11 Å². The molecule has 0 atom stereocenters. The van der Waals surface area contributed by atoms with Crippen LogP contribution >= 0.6 is 0 Å². The van der Waals surface area contributed by atoms with Crippen molar-refractivity contribution >= 4 is 0 Å². The van der Waals surface area contributed by atoms with Gasteiger partial charge in [0.15, 0.2) is 0 Å². The fraction of sp³-hybridized carbons (Fsp3) is 0.789. The first-order valence-electron chi connectivity index (χ1n) is 9.68. The van der Waals surface area contributed by atoms with Gasteiger partial charge in [-0.25, -0.2) is 4.68 Å². The summed E-state index contributed by atoms with van der Waals surface area (Å²) in [6.45, 7) is 0.720. The van der Waals surface area contributed by atoms with Gasteiger partial charge in [-0.05, 0) is 57.4 Å². The van der Waals surface area contributed by atoms with Crippen molar-refractivity contribution in [3.05, 3.63) is 28.2 Å². The quantitative estimate of drug-likeness (QED) is 0.870. The van der Waals surface area contributed by atoms with Crippen LogP contribution in [0.2, 0.25) is 0 Å². The molecule has 0 saturated heterocycles. The van der Waals surface area contributed by atoms with E-state index in [1.165, 1.54) is 12.8 Å². The van der Waals surface area contributed by atoms with E-state index in [1.807, 2.05) is 6.07 Å². The summed E-state index contributed by atoms with van der Waals surface area (Å²) in [6.07, 6.45) is 10.7. The van der Waals surface area contributed by atoms with Crippen LogP contribution in [0.1, 0.15) is 81.9 Å². The van der Waals surface area contributed by atoms with Crippen molar-refractivity contribution in [2.75, 3.05) is 6.54 Å². The van der Waals surface area contributed by atoms with Gasteiger partial charge in [-0.1, -0.05) is 12.8 Å². The van der Waals surface area contributed by atoms with Crippen molar-refractivity contribution in [1.82, 2.24) is 15.1 Å². The molecule has 1 aromatic rings. The fourth-order valence-corrected chi connectivity index (χ4v) is 4.37. The molecule has 3 aliphatic carbocycles. The normalized spacial score (nSPS) is 29.7. The Kier molecular flexibility index (Phi) is 4.48. The minimum Gasteiger partial charge on any atom is -0.389 e. The van der Waals surface area contributed by atoms with Gasteiger partial charge in [0.1, 0.15) is 0 Å². The van der Waals surface area contributed by atoms with Crippen LogP contribution in [-0.4, -0.2) is 33.1 Å². The van der Waals surface area contributed by atoms with E-state index >= 15 is 0 Å². The molecule has 1 aromatic heterocycles. The highest BCUT2D eigenvalue weighted by Gasteiger charge is 2.32. The Bertz CT molecular complexity index is 624. The molecule has 0 amide bonds. The van der Waals surface area contributed by atoms with Crippen molar-refractivity contribution in [3.63, 3.8) is 0 Å². The molecule has 3 saturated carbocycles. The van der Waals surface area contributed by atoms with Gasteiger partial charge in [0.2, 0.25) is 0 Å². The van der Waals surface area contributed by atoms with E-state index in [9.17, 15) is 9.90 Å². The van der Waals surface area contributed by atoms with Gasteiger partial charge in [-0.15, -0.1) is 0 Å². The fourth-order valence-electron chi connectivity index (χ4n) is 4.37. The summed E-state index contributed by atoms with van der Waals surface area (Å²) in [7, 11) is 0. The molecule has 0 aliphatic heterocycles. The third-order valence-electron chi connectivity index (χ3n) is 6.14. The molecule has 4 rings (SSSR count). The number of hydrogen-bond acceptors (Lipinski definition) is 4. The van der Waals surface area contributed by atoms with Crippen molar-refractivity contribution in [2.24, 2.45) is 0 Å². The lowest BCUT2D eigenvalue weighted by Crippen LogP contribution is -2.44. The second-order valence-electron chi connectivity index (χ2n) is 8.13. The number of hydrogen-bond donors (Lipinski definition) is 2. The number of nitrogens with zero attached hydrogens (tertiary/aromatic N) is 2. The molecule has 24 heavy (non-hydrogen) atoms. The van der Waals surface area contributed by atoms with Crippen LogP contribution in [0, 0.1) is 0 Å². The zero-order chi connectivity index (χ0) is 16.6. The van der Waals surface area contributed by atoms with Crippen LogP contribution in [0.3, 0.4) is 0 Å². The highest BCUT2D eigenvalue weighted by Crippen LogP contribution is 2.38. The molecular formula is C19H29N3O2. The average Bonchev–Trinajstić information content (AvgIpc) is 3.36. The summed E-state index contributed by atoms with van der Waals surface area (Å²) in [4.78, 5) is 12.2. The maximum absolute atomic E-state index is 12.2. The van der Waals surface area contributed by atoms with E-state index in [0.717, 1.165) is 63.6 Å². The van der Waals surface area contributed by atoms with Gasteiger partial charge in [-0.3, -0.25) is 4.79 Å². The molecular weight excluding hydrogens is 302 g/mol. The van der Waals surface area contributed by atoms with Crippen LogP contribution < -0.4 is 10.9 Å². The number of nitrogens with one attached hydrogen (secondary N) is 1. The van der Waals surface area contributed by atoms with E-state index in [0.29, 0.717) is 12.0 Å². The Morgan fingerprint density at radius 2 is 1.83 bits per heavy atom. The molecule has 0 aromatic carbocycles. The second kappa shape index (κ2) is 6.60. The maximum atomic E-state index is 12.2. The Labute approximate surface area is 143 Å². The minimum atomic E-state index is -0.478. The first-order valence-corrected chi connectivity index (χ1v) is 9.68. The molecule has 2 N–H and O–H groups in total. The third kappa shape index (κ3) is 3.57. The van der Waals surface area contributed by atoms with Crippen LogP contribution in [0.25, 0.3) is 0 Å². The lowest BCUT2D eigenvalue weighted by molar-refractivity contribution is 0.0427. The molecule has 0 unspecified atom stereocenters. The Morgan fingerprint density at radius 1 is 1.12 bits per heavy atom. The van der Waals surface area contributed by atoms with Gasteiger partial charge >= 0.3 is 0 Å². The molecule has 5 heteroatoms. The van der Waals surface area contributed by atoms with Crippen LogP contribution in [-0.2, 0) is 0 Å². The predicted octanol–water partition coefficient (Wildman–Crippen LogP) is 2.50. The minimum absolute atomic E-state index is 0.0380. The van der Waals surface area contributed by atoms with Crippen LogP contribution in [0.4, 0.5) is 0 Å². The molecule has 0 spiro atoms. The number of aromatic nitrogens is 2. The molecule has 1 heterocycles. The third-order valence-corrected chi connectivity index (χ3v) is 6.14. The van der Waals surface area contributed by atoms with E-state index in [-0.39, 0.29) is 11.6 Å². The second-order valence-corrected chi connectivity index (χ2v) is 8.13. The van der Waals surface area contributed by atoms with E-state index in [2.05, 4.69) is 10.4 Å². The summed E-state index contributed by atoms with van der Waals surface area (Å²) in [5.41, 5.74) is 0.655. The van der Waals surface area contributed by atoms with Crippen molar-refractivity contribution in [3.8, 4) is 0 Å². The topological polar surface area (TPSA) is 67.2 Å². The SMILES string of the molecule is O=c1ccc(C2CC2)nn1C1CCC(NCC2(O)CCCC2)CC1. The van der Waals surface area contributed by atoms with E-state index in [4.69, 9.17) is 0 Å². The Hall–Kier alpha value is -1.20. The molecule has 132 valence electrons. The Balaban J connectivity index is 1.33.